The van der Waals surface area contributed by atoms with Crippen LogP contribution in [0.3, 0.4) is 0 Å². The van der Waals surface area contributed by atoms with Crippen LogP contribution in [-0.2, 0) is 0 Å². The maximum Gasteiger partial charge on any atom is 0.145 e. The molecule has 1 fully saturated rings. The van der Waals surface area contributed by atoms with Crippen LogP contribution in [0.1, 0.15) is 43.0 Å². The van der Waals surface area contributed by atoms with E-state index in [1.807, 2.05) is 6.07 Å². The van der Waals surface area contributed by atoms with E-state index in [-0.39, 0.29) is 0 Å². The summed E-state index contributed by atoms with van der Waals surface area (Å²) in [6, 6.07) is 2.43. The van der Waals surface area contributed by atoms with Gasteiger partial charge in [-0.15, -0.1) is 0 Å². The molecule has 18 heavy (non-hydrogen) atoms. The maximum atomic E-state index is 4.65. The lowest BCUT2D eigenvalue weighted by molar-refractivity contribution is 0.157. The summed E-state index contributed by atoms with van der Waals surface area (Å²) in [5.41, 5.74) is 2.16. The molecule has 2 heterocycles. The first-order valence-corrected chi connectivity index (χ1v) is 6.97. The van der Waals surface area contributed by atoms with Crippen molar-refractivity contribution in [2.75, 3.05) is 26.2 Å². The highest BCUT2D eigenvalue weighted by atomic mass is 15.2. The zero-order valence-electron chi connectivity index (χ0n) is 11.7. The van der Waals surface area contributed by atoms with Gasteiger partial charge in [-0.2, -0.15) is 0 Å². The van der Waals surface area contributed by atoms with E-state index < -0.39 is 0 Å². The molecule has 0 amide bonds. The molecule has 0 spiro atoms. The molecule has 1 aromatic heterocycles. The third-order valence-corrected chi connectivity index (χ3v) is 3.45. The standard InChI is InChI=1S/C14H24N4/c1-4-5-13(18-8-6-15-7-9-18)14-16-11(2)10-12(3)17-14/h10,13,15H,4-9H2,1-3H3. The van der Waals surface area contributed by atoms with E-state index in [0.29, 0.717) is 6.04 Å². The maximum absolute atomic E-state index is 4.65. The lowest BCUT2D eigenvalue weighted by atomic mass is 10.1. The Morgan fingerprint density at radius 1 is 1.22 bits per heavy atom. The fourth-order valence-electron chi connectivity index (χ4n) is 2.64. The summed E-state index contributed by atoms with van der Waals surface area (Å²) >= 11 is 0. The lowest BCUT2D eigenvalue weighted by Crippen LogP contribution is -2.45. The molecule has 2 rings (SSSR count). The molecular formula is C14H24N4. The minimum atomic E-state index is 0.385. The van der Waals surface area contributed by atoms with Crippen LogP contribution in [0.4, 0.5) is 0 Å². The Bertz CT molecular complexity index is 365. The number of rotatable bonds is 4. The third-order valence-electron chi connectivity index (χ3n) is 3.45. The first kappa shape index (κ1) is 13.4. The number of piperazine rings is 1. The van der Waals surface area contributed by atoms with Gasteiger partial charge in [0.2, 0.25) is 0 Å². The molecule has 1 saturated heterocycles. The summed E-state index contributed by atoms with van der Waals surface area (Å²) in [6.45, 7) is 10.7. The fourth-order valence-corrected chi connectivity index (χ4v) is 2.64. The molecule has 0 radical (unpaired) electrons. The second-order valence-electron chi connectivity index (χ2n) is 5.10. The van der Waals surface area contributed by atoms with Crippen molar-refractivity contribution in [2.24, 2.45) is 0 Å². The molecule has 1 N–H and O–H groups in total. The summed E-state index contributed by atoms with van der Waals surface area (Å²) in [5, 5.41) is 3.40. The van der Waals surface area contributed by atoms with E-state index in [0.717, 1.165) is 49.8 Å². The quantitative estimate of drug-likeness (QED) is 0.883. The smallest absolute Gasteiger partial charge is 0.145 e. The minimum absolute atomic E-state index is 0.385. The first-order valence-electron chi connectivity index (χ1n) is 6.97. The Hall–Kier alpha value is -1.00. The van der Waals surface area contributed by atoms with Crippen LogP contribution in [0, 0.1) is 13.8 Å². The first-order chi connectivity index (χ1) is 8.70. The van der Waals surface area contributed by atoms with Gasteiger partial charge in [0, 0.05) is 37.6 Å². The van der Waals surface area contributed by atoms with Crippen molar-refractivity contribution in [2.45, 2.75) is 39.7 Å². The van der Waals surface area contributed by atoms with Crippen LogP contribution in [0.5, 0.6) is 0 Å². The van der Waals surface area contributed by atoms with Crippen molar-refractivity contribution >= 4 is 0 Å². The van der Waals surface area contributed by atoms with Gasteiger partial charge in [-0.25, -0.2) is 9.97 Å². The molecular weight excluding hydrogens is 224 g/mol. The van der Waals surface area contributed by atoms with Gasteiger partial charge in [-0.05, 0) is 26.3 Å². The predicted octanol–water partition coefficient (Wildman–Crippen LogP) is 1.84. The minimum Gasteiger partial charge on any atom is -0.314 e. The van der Waals surface area contributed by atoms with E-state index in [1.165, 1.54) is 6.42 Å². The average molecular weight is 248 g/mol. The van der Waals surface area contributed by atoms with Crippen LogP contribution >= 0.6 is 0 Å². The second-order valence-corrected chi connectivity index (χ2v) is 5.10. The highest BCUT2D eigenvalue weighted by Gasteiger charge is 2.23. The van der Waals surface area contributed by atoms with E-state index in [4.69, 9.17) is 0 Å². The van der Waals surface area contributed by atoms with Crippen LogP contribution in [0.15, 0.2) is 6.07 Å². The Labute approximate surface area is 110 Å². The van der Waals surface area contributed by atoms with Crippen molar-refractivity contribution < 1.29 is 0 Å². The van der Waals surface area contributed by atoms with Crippen molar-refractivity contribution in [3.63, 3.8) is 0 Å². The van der Waals surface area contributed by atoms with Gasteiger partial charge >= 0.3 is 0 Å². The van der Waals surface area contributed by atoms with Gasteiger partial charge in [0.05, 0.1) is 6.04 Å². The largest absolute Gasteiger partial charge is 0.314 e. The molecule has 4 heteroatoms. The van der Waals surface area contributed by atoms with Crippen LogP contribution < -0.4 is 5.32 Å². The zero-order chi connectivity index (χ0) is 13.0. The normalized spacial score (nSPS) is 18.8. The monoisotopic (exact) mass is 248 g/mol. The Kier molecular flexibility index (Phi) is 4.66. The molecule has 1 unspecified atom stereocenters. The highest BCUT2D eigenvalue weighted by molar-refractivity contribution is 5.11. The van der Waals surface area contributed by atoms with Gasteiger partial charge in [0.25, 0.3) is 0 Å². The SMILES string of the molecule is CCCC(c1nc(C)cc(C)n1)N1CCNCC1. The van der Waals surface area contributed by atoms with E-state index in [1.54, 1.807) is 0 Å². The van der Waals surface area contributed by atoms with Crippen molar-refractivity contribution in [3.05, 3.63) is 23.3 Å². The van der Waals surface area contributed by atoms with Gasteiger partial charge < -0.3 is 5.32 Å². The van der Waals surface area contributed by atoms with Gasteiger partial charge in [0.15, 0.2) is 0 Å². The number of nitrogens with zero attached hydrogens (tertiary/aromatic N) is 3. The third kappa shape index (κ3) is 3.27. The highest BCUT2D eigenvalue weighted by Crippen LogP contribution is 2.23. The molecule has 0 aliphatic carbocycles. The molecule has 100 valence electrons. The summed E-state index contributed by atoms with van der Waals surface area (Å²) in [4.78, 5) is 11.8. The summed E-state index contributed by atoms with van der Waals surface area (Å²) in [5.74, 6) is 1.01. The Morgan fingerprint density at radius 3 is 2.39 bits per heavy atom. The predicted molar refractivity (Wildman–Crippen MR) is 73.6 cm³/mol. The summed E-state index contributed by atoms with van der Waals surface area (Å²) < 4.78 is 0. The molecule has 1 aliphatic rings. The van der Waals surface area contributed by atoms with Gasteiger partial charge in [-0.3, -0.25) is 4.90 Å². The fraction of sp³-hybridized carbons (Fsp3) is 0.714. The summed E-state index contributed by atoms with van der Waals surface area (Å²) in [6.07, 6.45) is 2.31. The molecule has 0 aromatic carbocycles. The number of aryl methyl sites for hydroxylation is 2. The van der Waals surface area contributed by atoms with Crippen molar-refractivity contribution in [1.29, 1.82) is 0 Å². The van der Waals surface area contributed by atoms with Crippen LogP contribution in [-0.4, -0.2) is 41.0 Å². The van der Waals surface area contributed by atoms with E-state index in [2.05, 4.69) is 41.0 Å². The lowest BCUT2D eigenvalue weighted by Gasteiger charge is -2.34. The van der Waals surface area contributed by atoms with Gasteiger partial charge in [-0.1, -0.05) is 13.3 Å². The molecule has 1 aromatic rings. The Morgan fingerprint density at radius 2 is 1.83 bits per heavy atom. The number of aromatic nitrogens is 2. The molecule has 1 atom stereocenters. The molecule has 4 nitrogen and oxygen atoms in total. The van der Waals surface area contributed by atoms with Crippen LogP contribution in [0.25, 0.3) is 0 Å². The number of hydrogen-bond donors (Lipinski definition) is 1. The summed E-state index contributed by atoms with van der Waals surface area (Å²) in [7, 11) is 0. The van der Waals surface area contributed by atoms with E-state index >= 15 is 0 Å². The Balaban J connectivity index is 2.22. The van der Waals surface area contributed by atoms with Gasteiger partial charge in [0.1, 0.15) is 5.82 Å². The number of hydrogen-bond acceptors (Lipinski definition) is 4. The zero-order valence-corrected chi connectivity index (χ0v) is 11.7. The number of nitrogens with one attached hydrogen (secondary N) is 1. The molecule has 0 bridgehead atoms. The van der Waals surface area contributed by atoms with E-state index in [9.17, 15) is 0 Å². The topological polar surface area (TPSA) is 41.1 Å². The van der Waals surface area contributed by atoms with Crippen LogP contribution in [0.2, 0.25) is 0 Å². The molecule has 0 saturated carbocycles. The van der Waals surface area contributed by atoms with Crippen molar-refractivity contribution in [3.8, 4) is 0 Å². The second kappa shape index (κ2) is 6.25. The molecule has 1 aliphatic heterocycles. The average Bonchev–Trinajstić information content (AvgIpc) is 2.36. The van der Waals surface area contributed by atoms with Crippen molar-refractivity contribution in [1.82, 2.24) is 20.2 Å².